The second-order valence-corrected chi connectivity index (χ2v) is 19.4. The second kappa shape index (κ2) is 23.5. The van der Waals surface area contributed by atoms with Gasteiger partial charge in [-0.15, -0.1) is 0 Å². The maximum absolute atomic E-state index is 12.7. The van der Waals surface area contributed by atoms with Crippen molar-refractivity contribution in [2.45, 2.75) is 127 Å². The number of hydrogen-bond donors (Lipinski definition) is 4. The average Bonchev–Trinajstić information content (AvgIpc) is 4.04. The van der Waals surface area contributed by atoms with Crippen molar-refractivity contribution < 1.29 is 73.8 Å². The maximum atomic E-state index is 12.7. The number of amides is 4. The van der Waals surface area contributed by atoms with Gasteiger partial charge in [0, 0.05) is 50.9 Å². The summed E-state index contributed by atoms with van der Waals surface area (Å²) in [5.41, 5.74) is 10.1. The summed E-state index contributed by atoms with van der Waals surface area (Å²) < 4.78 is 111. The van der Waals surface area contributed by atoms with E-state index in [4.69, 9.17) is 51.3 Å². The highest BCUT2D eigenvalue weighted by Gasteiger charge is 2.52. The highest BCUT2D eigenvalue weighted by molar-refractivity contribution is 6.54. The standard InChI is InChI=1S/C22H21F3N4O4.C19H24BF3O3.C9H9ClN4O3/c23-22(24,25)13-3-7-15(8-4-13)32-14-5-1-12(2-6-14)20-28-16(19(26)30)11-18(29-20)33-17-9-10-27-21(17)31;1-17(2)18(3,4)26-20(25-17)14-7-11-16(12-8-14)24-15-9-5-13(6-10-15)19(21,22)23;10-9-13-4(7(11)15)3-6(14-9)17-5-1-2-12-8(5)16/h1,3-4,7-8,11,14,17H,2,5-6,9-10H2,(H2,26,30)(H,27,31);5-7,9-10,16H,8,11-12H2,1-4H3;3,5H,1-2H2,(H2,11,15)(H,12,16)/t14?,17-;;5-/m0.0/s1. The van der Waals surface area contributed by atoms with Crippen molar-refractivity contribution in [2.24, 2.45) is 11.5 Å². The van der Waals surface area contributed by atoms with Crippen molar-refractivity contribution in [3.8, 4) is 23.3 Å². The van der Waals surface area contributed by atoms with Gasteiger partial charge in [-0.3, -0.25) is 19.2 Å². The van der Waals surface area contributed by atoms with Gasteiger partial charge in [0.15, 0.2) is 18.0 Å². The molecule has 76 heavy (non-hydrogen) atoms. The Kier molecular flexibility index (Phi) is 17.5. The Morgan fingerprint density at radius 2 is 1.09 bits per heavy atom. The molecule has 4 aromatic rings. The number of carbonyl (C=O) groups excluding carboxylic acids is 4. The minimum Gasteiger partial charge on any atom is -0.490 e. The number of nitrogens with zero attached hydrogens (tertiary/aromatic N) is 4. The van der Waals surface area contributed by atoms with E-state index in [9.17, 15) is 45.5 Å². The summed E-state index contributed by atoms with van der Waals surface area (Å²) in [5, 5.41) is 5.11. The summed E-state index contributed by atoms with van der Waals surface area (Å²) in [6.45, 7) is 9.13. The first-order valence-electron chi connectivity index (χ1n) is 24.1. The molecular formula is C50H54BClF6N8O10. The Morgan fingerprint density at radius 3 is 1.49 bits per heavy atom. The molecule has 406 valence electrons. The number of primary amides is 2. The molecule has 3 saturated heterocycles. The maximum Gasteiger partial charge on any atom is 0.490 e. The van der Waals surface area contributed by atoms with Gasteiger partial charge in [-0.05, 0) is 125 Å². The van der Waals surface area contributed by atoms with E-state index in [1.165, 1.54) is 36.4 Å². The Bertz CT molecular complexity index is 2820. The Labute approximate surface area is 437 Å². The molecule has 26 heteroatoms. The van der Waals surface area contributed by atoms with Crippen LogP contribution in [0.25, 0.3) is 5.57 Å². The molecule has 0 saturated carbocycles. The van der Waals surface area contributed by atoms with E-state index < -0.39 is 47.5 Å². The number of alkyl halides is 6. The number of hydrogen-bond acceptors (Lipinski definition) is 14. The van der Waals surface area contributed by atoms with E-state index in [0.29, 0.717) is 63.1 Å². The molecule has 9 rings (SSSR count). The second-order valence-electron chi connectivity index (χ2n) is 19.0. The van der Waals surface area contributed by atoms with E-state index in [1.54, 1.807) is 0 Å². The fourth-order valence-electron chi connectivity index (χ4n) is 8.09. The van der Waals surface area contributed by atoms with Gasteiger partial charge < -0.3 is 50.4 Å². The van der Waals surface area contributed by atoms with Crippen LogP contribution in [0.2, 0.25) is 5.28 Å². The summed E-state index contributed by atoms with van der Waals surface area (Å²) >= 11 is 5.61. The molecule has 2 aromatic heterocycles. The highest BCUT2D eigenvalue weighted by atomic mass is 35.5. The Morgan fingerprint density at radius 1 is 0.645 bits per heavy atom. The number of rotatable bonds is 12. The van der Waals surface area contributed by atoms with Crippen LogP contribution in [0.15, 0.2) is 78.3 Å². The van der Waals surface area contributed by atoms with Crippen LogP contribution < -0.4 is 41.0 Å². The molecule has 2 aromatic carbocycles. The van der Waals surface area contributed by atoms with E-state index in [1.807, 2.05) is 33.8 Å². The van der Waals surface area contributed by atoms with E-state index in [-0.39, 0.29) is 76.6 Å². The van der Waals surface area contributed by atoms with Gasteiger partial charge in [0.1, 0.15) is 35.1 Å². The fourth-order valence-corrected chi connectivity index (χ4v) is 8.27. The van der Waals surface area contributed by atoms with Gasteiger partial charge in [0.2, 0.25) is 17.0 Å². The number of nitrogens with one attached hydrogen (secondary N) is 2. The fraction of sp³-hybridized carbons (Fsp3) is 0.440. The lowest BCUT2D eigenvalue weighted by molar-refractivity contribution is -0.138. The van der Waals surface area contributed by atoms with E-state index in [2.05, 4.69) is 36.6 Å². The molecule has 3 fully saturated rings. The number of benzene rings is 2. The predicted molar refractivity (Wildman–Crippen MR) is 262 cm³/mol. The third kappa shape index (κ3) is 14.9. The topological polar surface area (TPSA) is 251 Å². The van der Waals surface area contributed by atoms with E-state index >= 15 is 0 Å². The van der Waals surface area contributed by atoms with Crippen LogP contribution in [0.3, 0.4) is 0 Å². The molecule has 4 atom stereocenters. The third-order valence-electron chi connectivity index (χ3n) is 13.0. The first-order valence-corrected chi connectivity index (χ1v) is 24.4. The van der Waals surface area contributed by atoms with Crippen molar-refractivity contribution in [3.05, 3.63) is 112 Å². The molecule has 18 nitrogen and oxygen atoms in total. The summed E-state index contributed by atoms with van der Waals surface area (Å²) in [7, 11) is -0.341. The van der Waals surface area contributed by atoms with Crippen LogP contribution in [0.4, 0.5) is 26.3 Å². The molecule has 2 unspecified atom stereocenters. The number of ether oxygens (including phenoxy) is 4. The lowest BCUT2D eigenvalue weighted by Gasteiger charge is -2.32. The molecule has 0 bridgehead atoms. The van der Waals surface area contributed by atoms with Gasteiger partial charge in [-0.1, -0.05) is 12.2 Å². The highest BCUT2D eigenvalue weighted by Crippen LogP contribution is 2.41. The predicted octanol–water partition coefficient (Wildman–Crippen LogP) is 7.57. The van der Waals surface area contributed by atoms with Crippen molar-refractivity contribution in [1.29, 1.82) is 0 Å². The normalized spacial score (nSPS) is 21.8. The van der Waals surface area contributed by atoms with Crippen molar-refractivity contribution in [1.82, 2.24) is 30.6 Å². The van der Waals surface area contributed by atoms with Gasteiger partial charge in [0.25, 0.3) is 23.6 Å². The number of nitrogens with two attached hydrogens (primary N) is 2. The van der Waals surface area contributed by atoms with Crippen LogP contribution in [0, 0.1) is 0 Å². The van der Waals surface area contributed by atoms with Crippen LogP contribution in [0.5, 0.6) is 23.3 Å². The largest absolute Gasteiger partial charge is 0.490 e. The van der Waals surface area contributed by atoms with Crippen molar-refractivity contribution >= 4 is 47.9 Å². The molecule has 5 aliphatic rings. The van der Waals surface area contributed by atoms with Gasteiger partial charge >= 0.3 is 19.5 Å². The van der Waals surface area contributed by atoms with Gasteiger partial charge in [-0.25, -0.2) is 9.97 Å². The average molecular weight is 1090 g/mol. The number of aromatic nitrogens is 4. The van der Waals surface area contributed by atoms with Crippen molar-refractivity contribution in [2.75, 3.05) is 13.1 Å². The van der Waals surface area contributed by atoms with Gasteiger partial charge in [-0.2, -0.15) is 36.3 Å². The van der Waals surface area contributed by atoms with Gasteiger partial charge in [0.05, 0.1) is 22.3 Å². The third-order valence-corrected chi connectivity index (χ3v) is 13.1. The first-order chi connectivity index (χ1) is 35.7. The Balaban J connectivity index is 0.000000174. The minimum atomic E-state index is -4.40. The number of allylic oxidation sites excluding steroid dienone is 2. The monoisotopic (exact) mass is 1090 g/mol. The zero-order chi connectivity index (χ0) is 55.2. The van der Waals surface area contributed by atoms with Crippen LogP contribution >= 0.6 is 11.6 Å². The summed E-state index contributed by atoms with van der Waals surface area (Å²) in [5.74, 6) is -0.753. The SMILES string of the molecule is CC1(C)OB(C2=CCC(Oc3ccc(C(F)(F)F)cc3)CC2)OC1(C)C.NC(=O)c1cc(O[C@H]2CCNC2=O)nc(C2=CCC(Oc3ccc(C(F)(F)F)cc3)CC2)n1.NC(=O)c1cc(O[C@H]2CCNC2=O)nc(Cl)n1. The lowest BCUT2D eigenvalue weighted by atomic mass is 9.72. The van der Waals surface area contributed by atoms with Crippen LogP contribution in [-0.2, 0) is 31.3 Å². The quantitative estimate of drug-likeness (QED) is 0.0607. The minimum absolute atomic E-state index is 0.0302. The van der Waals surface area contributed by atoms with Crippen LogP contribution in [0.1, 0.15) is 117 Å². The van der Waals surface area contributed by atoms with Crippen LogP contribution in [-0.4, -0.2) is 99.4 Å². The molecule has 2 aliphatic carbocycles. The summed E-state index contributed by atoms with van der Waals surface area (Å²) in [4.78, 5) is 61.7. The number of halogens is 7. The Hall–Kier alpha value is -6.99. The molecule has 4 amide bonds. The summed E-state index contributed by atoms with van der Waals surface area (Å²) in [6.07, 6.45) is -1.62. The zero-order valence-corrected chi connectivity index (χ0v) is 42.3. The molecule has 6 N–H and O–H groups in total. The first kappa shape index (κ1) is 56.7. The summed E-state index contributed by atoms with van der Waals surface area (Å²) in [6, 6.07) is 11.9. The molecule has 5 heterocycles. The number of carbonyl (C=O) groups is 4. The van der Waals surface area contributed by atoms with E-state index in [0.717, 1.165) is 48.2 Å². The van der Waals surface area contributed by atoms with Crippen molar-refractivity contribution in [3.63, 3.8) is 0 Å². The molecular weight excluding hydrogens is 1030 g/mol. The molecule has 0 radical (unpaired) electrons. The lowest BCUT2D eigenvalue weighted by Crippen LogP contribution is -2.41. The molecule has 3 aliphatic heterocycles. The zero-order valence-electron chi connectivity index (χ0n) is 41.6. The smallest absolute Gasteiger partial charge is 0.490 e. The molecule has 0 spiro atoms.